The van der Waals surface area contributed by atoms with Crippen LogP contribution < -0.4 is 5.73 Å². The molecule has 0 aliphatic rings. The van der Waals surface area contributed by atoms with E-state index in [-0.39, 0.29) is 0 Å². The molecule has 4 nitrogen and oxygen atoms in total. The van der Waals surface area contributed by atoms with Crippen molar-refractivity contribution in [3.8, 4) is 0 Å². The molecule has 20 heavy (non-hydrogen) atoms. The van der Waals surface area contributed by atoms with E-state index >= 15 is 0 Å². The molecule has 0 radical (unpaired) electrons. The minimum absolute atomic E-state index is 0.584. The van der Waals surface area contributed by atoms with Crippen molar-refractivity contribution in [1.29, 1.82) is 0 Å². The third kappa shape index (κ3) is 2.95. The Hall–Kier alpha value is -1.98. The third-order valence-electron chi connectivity index (χ3n) is 3.21. The van der Waals surface area contributed by atoms with Gasteiger partial charge < -0.3 is 10.3 Å². The first kappa shape index (κ1) is 13.0. The monoisotopic (exact) mass is 284 g/mol. The molecule has 2 heterocycles. The third-order valence-corrected chi connectivity index (χ3v) is 3.99. The van der Waals surface area contributed by atoms with Crippen molar-refractivity contribution in [3.63, 3.8) is 0 Å². The number of hydrogen-bond donors (Lipinski definition) is 1. The highest BCUT2D eigenvalue weighted by Gasteiger charge is 2.06. The van der Waals surface area contributed by atoms with Gasteiger partial charge in [-0.1, -0.05) is 24.3 Å². The van der Waals surface area contributed by atoms with Crippen LogP contribution in [0.2, 0.25) is 0 Å². The topological polar surface area (TPSA) is 56.7 Å². The van der Waals surface area contributed by atoms with E-state index in [1.54, 1.807) is 11.3 Å². The van der Waals surface area contributed by atoms with Gasteiger partial charge in [0.2, 0.25) is 0 Å². The predicted molar refractivity (Wildman–Crippen MR) is 80.6 cm³/mol. The van der Waals surface area contributed by atoms with Gasteiger partial charge in [0.05, 0.1) is 11.4 Å². The largest absolute Gasteiger partial charge is 0.330 e. The highest BCUT2D eigenvalue weighted by molar-refractivity contribution is 7.09. The normalized spacial score (nSPS) is 10.8. The van der Waals surface area contributed by atoms with Crippen molar-refractivity contribution in [2.45, 2.75) is 19.5 Å². The van der Waals surface area contributed by atoms with Gasteiger partial charge in [0.25, 0.3) is 0 Å². The van der Waals surface area contributed by atoms with Crippen LogP contribution in [0.3, 0.4) is 0 Å². The molecule has 2 aromatic heterocycles. The SMILES string of the molecule is NCc1ccc(Cn2ccnc2Cc2nccs2)cc1. The number of nitrogens with zero attached hydrogens (tertiary/aromatic N) is 3. The number of imidazole rings is 1. The van der Waals surface area contributed by atoms with E-state index < -0.39 is 0 Å². The van der Waals surface area contributed by atoms with Crippen molar-refractivity contribution >= 4 is 11.3 Å². The van der Waals surface area contributed by atoms with Crippen molar-refractivity contribution in [2.75, 3.05) is 0 Å². The summed E-state index contributed by atoms with van der Waals surface area (Å²) in [4.78, 5) is 8.74. The fraction of sp³-hybridized carbons (Fsp3) is 0.200. The maximum atomic E-state index is 5.61. The lowest BCUT2D eigenvalue weighted by atomic mass is 10.1. The van der Waals surface area contributed by atoms with Crippen LogP contribution in [0.1, 0.15) is 22.0 Å². The Balaban J connectivity index is 1.75. The zero-order valence-electron chi connectivity index (χ0n) is 11.1. The molecule has 102 valence electrons. The first-order valence-electron chi connectivity index (χ1n) is 6.51. The predicted octanol–water partition coefficient (Wildman–Crippen LogP) is 2.44. The minimum atomic E-state index is 0.584. The van der Waals surface area contributed by atoms with Crippen LogP contribution in [0.15, 0.2) is 48.2 Å². The summed E-state index contributed by atoms with van der Waals surface area (Å²) in [5.74, 6) is 1.04. The summed E-state index contributed by atoms with van der Waals surface area (Å²) in [6, 6.07) is 8.39. The van der Waals surface area contributed by atoms with Gasteiger partial charge in [0.1, 0.15) is 5.82 Å². The van der Waals surface area contributed by atoms with Gasteiger partial charge in [-0.3, -0.25) is 0 Å². The summed E-state index contributed by atoms with van der Waals surface area (Å²) in [6.45, 7) is 1.41. The van der Waals surface area contributed by atoms with E-state index in [2.05, 4.69) is 38.8 Å². The van der Waals surface area contributed by atoms with Gasteiger partial charge in [-0.05, 0) is 11.1 Å². The van der Waals surface area contributed by atoms with E-state index in [4.69, 9.17) is 5.73 Å². The van der Waals surface area contributed by atoms with Crippen molar-refractivity contribution in [2.24, 2.45) is 5.73 Å². The molecule has 5 heteroatoms. The summed E-state index contributed by atoms with van der Waals surface area (Å²) in [5.41, 5.74) is 8.02. The van der Waals surface area contributed by atoms with Crippen LogP contribution in [0.25, 0.3) is 0 Å². The summed E-state index contributed by atoms with van der Waals surface area (Å²) in [7, 11) is 0. The molecular weight excluding hydrogens is 268 g/mol. The van der Waals surface area contributed by atoms with Crippen LogP contribution in [-0.4, -0.2) is 14.5 Å². The quantitative estimate of drug-likeness (QED) is 0.783. The summed E-state index contributed by atoms with van der Waals surface area (Å²) in [6.07, 6.45) is 6.47. The van der Waals surface area contributed by atoms with Crippen molar-refractivity contribution in [3.05, 3.63) is 70.2 Å². The standard InChI is InChI=1S/C15H16N4S/c16-10-12-1-3-13(4-2-12)11-19-7-5-17-14(19)9-15-18-6-8-20-15/h1-8H,9-11,16H2. The fourth-order valence-electron chi connectivity index (χ4n) is 2.10. The summed E-state index contributed by atoms with van der Waals surface area (Å²) < 4.78 is 2.17. The maximum Gasteiger partial charge on any atom is 0.115 e. The van der Waals surface area contributed by atoms with E-state index in [9.17, 15) is 0 Å². The summed E-state index contributed by atoms with van der Waals surface area (Å²) in [5, 5.41) is 3.09. The lowest BCUT2D eigenvalue weighted by molar-refractivity contribution is 0.739. The molecule has 0 atom stereocenters. The molecule has 0 saturated heterocycles. The van der Waals surface area contributed by atoms with E-state index in [0.717, 1.165) is 29.4 Å². The van der Waals surface area contributed by atoms with E-state index in [1.165, 1.54) is 5.56 Å². The Morgan fingerprint density at radius 2 is 1.85 bits per heavy atom. The lowest BCUT2D eigenvalue weighted by Gasteiger charge is -2.08. The molecule has 0 unspecified atom stereocenters. The Morgan fingerprint density at radius 1 is 1.05 bits per heavy atom. The van der Waals surface area contributed by atoms with Crippen LogP contribution in [0.4, 0.5) is 0 Å². The van der Waals surface area contributed by atoms with Gasteiger partial charge in [-0.25, -0.2) is 9.97 Å². The van der Waals surface area contributed by atoms with E-state index in [0.29, 0.717) is 6.54 Å². The Labute approximate surface area is 121 Å². The number of rotatable bonds is 5. The van der Waals surface area contributed by atoms with Gasteiger partial charge in [-0.2, -0.15) is 0 Å². The van der Waals surface area contributed by atoms with Crippen molar-refractivity contribution in [1.82, 2.24) is 14.5 Å². The second kappa shape index (κ2) is 5.98. The maximum absolute atomic E-state index is 5.61. The smallest absolute Gasteiger partial charge is 0.115 e. The first-order valence-corrected chi connectivity index (χ1v) is 7.39. The molecule has 1 aromatic carbocycles. The van der Waals surface area contributed by atoms with Gasteiger partial charge in [0.15, 0.2) is 0 Å². The molecule has 0 fully saturated rings. The molecule has 0 saturated carbocycles. The number of hydrogen-bond acceptors (Lipinski definition) is 4. The molecule has 0 bridgehead atoms. The molecule has 0 aliphatic carbocycles. The Bertz CT molecular complexity index is 656. The second-order valence-electron chi connectivity index (χ2n) is 4.59. The van der Waals surface area contributed by atoms with E-state index in [1.807, 2.05) is 24.0 Å². The van der Waals surface area contributed by atoms with Crippen LogP contribution >= 0.6 is 11.3 Å². The van der Waals surface area contributed by atoms with Gasteiger partial charge in [0, 0.05) is 37.1 Å². The molecule has 0 amide bonds. The molecule has 0 aliphatic heterocycles. The lowest BCUT2D eigenvalue weighted by Crippen LogP contribution is -2.05. The Morgan fingerprint density at radius 3 is 2.55 bits per heavy atom. The average Bonchev–Trinajstić information content (AvgIpc) is 3.13. The Kier molecular flexibility index (Phi) is 3.90. The van der Waals surface area contributed by atoms with Gasteiger partial charge >= 0.3 is 0 Å². The zero-order valence-corrected chi connectivity index (χ0v) is 11.9. The number of thiazole rings is 1. The average molecular weight is 284 g/mol. The van der Waals surface area contributed by atoms with Gasteiger partial charge in [-0.15, -0.1) is 11.3 Å². The zero-order chi connectivity index (χ0) is 13.8. The fourth-order valence-corrected chi connectivity index (χ4v) is 2.72. The molecular formula is C15H16N4S. The molecule has 0 spiro atoms. The first-order chi connectivity index (χ1) is 9.85. The highest BCUT2D eigenvalue weighted by atomic mass is 32.1. The number of nitrogens with two attached hydrogens (primary N) is 1. The van der Waals surface area contributed by atoms with Crippen molar-refractivity contribution < 1.29 is 0 Å². The molecule has 2 N–H and O–H groups in total. The van der Waals surface area contributed by atoms with Crippen LogP contribution in [0, 0.1) is 0 Å². The minimum Gasteiger partial charge on any atom is -0.330 e. The number of aromatic nitrogens is 3. The number of benzene rings is 1. The molecule has 3 aromatic rings. The van der Waals surface area contributed by atoms with Crippen LogP contribution in [-0.2, 0) is 19.5 Å². The molecule has 3 rings (SSSR count). The highest BCUT2D eigenvalue weighted by Crippen LogP contribution is 2.13. The van der Waals surface area contributed by atoms with Crippen LogP contribution in [0.5, 0.6) is 0 Å². The summed E-state index contributed by atoms with van der Waals surface area (Å²) >= 11 is 1.66. The second-order valence-corrected chi connectivity index (χ2v) is 5.57.